The fourth-order valence-electron chi connectivity index (χ4n) is 4.49. The third kappa shape index (κ3) is 4.59. The van der Waals surface area contributed by atoms with Crippen LogP contribution in [-0.4, -0.2) is 52.7 Å². The van der Waals surface area contributed by atoms with Gasteiger partial charge in [0.25, 0.3) is 0 Å². The molecule has 0 radical (unpaired) electrons. The van der Waals surface area contributed by atoms with Gasteiger partial charge in [-0.05, 0) is 28.2 Å². The van der Waals surface area contributed by atoms with E-state index in [1.165, 1.54) is 0 Å². The fourth-order valence-corrected chi connectivity index (χ4v) is 4.49. The molecule has 9 nitrogen and oxygen atoms in total. The van der Waals surface area contributed by atoms with E-state index in [1.807, 2.05) is 50.2 Å². The van der Waals surface area contributed by atoms with Crippen LogP contribution in [0, 0.1) is 5.92 Å². The molecule has 4 rings (SSSR count). The highest BCUT2D eigenvalue weighted by Crippen LogP contribution is 2.44. The quantitative estimate of drug-likeness (QED) is 0.577. The number of carboxylic acids is 1. The Hall–Kier alpha value is -3.88. The molecule has 2 atom stereocenters. The molecule has 3 amide bonds. The first kappa shape index (κ1) is 23.3. The van der Waals surface area contributed by atoms with Crippen LogP contribution in [0.5, 0.6) is 0 Å². The van der Waals surface area contributed by atoms with Gasteiger partial charge >= 0.3 is 12.1 Å². The molecule has 1 fully saturated rings. The first-order chi connectivity index (χ1) is 16.3. The molecular formula is C25H27N3O6. The smallest absolute Gasteiger partial charge is 0.407 e. The second kappa shape index (κ2) is 9.54. The van der Waals surface area contributed by atoms with Gasteiger partial charge in [-0.1, -0.05) is 62.4 Å². The standard InChI is InChI=1S/C25H27N3O6/c1-14(2)20(11-23(30)28-21(24(31)32)12-22(29)27-28)26-25(33)34-13-19-17-9-5-3-7-15(17)16-8-4-6-10-18(16)19/h3-10,14,19-21H,11-13H2,1-2H3,(H,26,33)(H,27,29)(H,31,32)/t20-,21?/m1/s1. The number of hydrogen-bond acceptors (Lipinski definition) is 5. The van der Waals surface area contributed by atoms with Crippen molar-refractivity contribution in [3.63, 3.8) is 0 Å². The summed E-state index contributed by atoms with van der Waals surface area (Å²) in [6.45, 7) is 3.81. The van der Waals surface area contributed by atoms with Crippen LogP contribution in [-0.2, 0) is 19.1 Å². The topological polar surface area (TPSA) is 125 Å². The van der Waals surface area contributed by atoms with E-state index >= 15 is 0 Å². The number of nitrogens with one attached hydrogen (secondary N) is 2. The minimum absolute atomic E-state index is 0.0894. The number of carboxylic acid groups (broad SMARTS) is 1. The summed E-state index contributed by atoms with van der Waals surface area (Å²) >= 11 is 0. The maximum absolute atomic E-state index is 12.7. The summed E-state index contributed by atoms with van der Waals surface area (Å²) in [5.74, 6) is -2.61. The lowest BCUT2D eigenvalue weighted by Gasteiger charge is -2.26. The number of carbonyl (C=O) groups is 4. The van der Waals surface area contributed by atoms with Crippen molar-refractivity contribution in [2.75, 3.05) is 6.61 Å². The first-order valence-corrected chi connectivity index (χ1v) is 11.2. The Balaban J connectivity index is 1.39. The van der Waals surface area contributed by atoms with Gasteiger partial charge in [0.05, 0.1) is 6.42 Å². The molecule has 178 valence electrons. The number of carbonyl (C=O) groups excluding carboxylic acids is 3. The van der Waals surface area contributed by atoms with Crippen molar-refractivity contribution in [1.29, 1.82) is 0 Å². The Labute approximate surface area is 197 Å². The maximum Gasteiger partial charge on any atom is 0.407 e. The number of ether oxygens (including phenoxy) is 1. The van der Waals surface area contributed by atoms with Crippen molar-refractivity contribution in [2.45, 2.75) is 44.7 Å². The van der Waals surface area contributed by atoms with Crippen LogP contribution in [0.25, 0.3) is 11.1 Å². The molecule has 34 heavy (non-hydrogen) atoms. The van der Waals surface area contributed by atoms with Crippen molar-refractivity contribution in [3.05, 3.63) is 59.7 Å². The second-order valence-corrected chi connectivity index (χ2v) is 8.88. The van der Waals surface area contributed by atoms with Crippen LogP contribution < -0.4 is 10.7 Å². The van der Waals surface area contributed by atoms with Gasteiger partial charge in [-0.25, -0.2) is 14.6 Å². The molecule has 1 saturated heterocycles. The lowest BCUT2D eigenvalue weighted by atomic mass is 9.98. The Bertz CT molecular complexity index is 1090. The van der Waals surface area contributed by atoms with Crippen molar-refractivity contribution < 1.29 is 29.0 Å². The van der Waals surface area contributed by atoms with Crippen LogP contribution in [0.3, 0.4) is 0 Å². The summed E-state index contributed by atoms with van der Waals surface area (Å²) in [5.41, 5.74) is 6.72. The van der Waals surface area contributed by atoms with Gasteiger partial charge in [-0.2, -0.15) is 0 Å². The van der Waals surface area contributed by atoms with Crippen LogP contribution in [0.2, 0.25) is 0 Å². The van der Waals surface area contributed by atoms with Crippen LogP contribution in [0.4, 0.5) is 4.79 Å². The summed E-state index contributed by atoms with van der Waals surface area (Å²) in [6.07, 6.45) is -1.13. The van der Waals surface area contributed by atoms with Gasteiger partial charge in [0, 0.05) is 18.4 Å². The predicted octanol–water partition coefficient (Wildman–Crippen LogP) is 2.66. The lowest BCUT2D eigenvalue weighted by molar-refractivity contribution is -0.150. The van der Waals surface area contributed by atoms with Crippen molar-refractivity contribution in [1.82, 2.24) is 15.8 Å². The molecule has 0 spiro atoms. The molecule has 1 heterocycles. The van der Waals surface area contributed by atoms with Crippen molar-refractivity contribution in [3.8, 4) is 11.1 Å². The van der Waals surface area contributed by atoms with E-state index in [4.69, 9.17) is 4.74 Å². The number of hydrazine groups is 1. The molecular weight excluding hydrogens is 438 g/mol. The number of benzene rings is 2. The molecule has 0 bridgehead atoms. The number of alkyl carbamates (subject to hydrolysis) is 1. The second-order valence-electron chi connectivity index (χ2n) is 8.88. The molecule has 3 N–H and O–H groups in total. The van der Waals surface area contributed by atoms with E-state index < -0.39 is 36.0 Å². The average molecular weight is 466 g/mol. The predicted molar refractivity (Wildman–Crippen MR) is 122 cm³/mol. The molecule has 1 aliphatic carbocycles. The number of nitrogens with zero attached hydrogens (tertiary/aromatic N) is 1. The highest BCUT2D eigenvalue weighted by molar-refractivity contribution is 5.94. The third-order valence-electron chi connectivity index (χ3n) is 6.34. The number of amides is 3. The minimum atomic E-state index is -1.27. The Kier molecular flexibility index (Phi) is 6.54. The Morgan fingerprint density at radius 2 is 1.68 bits per heavy atom. The summed E-state index contributed by atoms with van der Waals surface area (Å²) < 4.78 is 5.56. The van der Waals surface area contributed by atoms with E-state index in [0.29, 0.717) is 0 Å². The van der Waals surface area contributed by atoms with Gasteiger partial charge in [0.1, 0.15) is 6.61 Å². The van der Waals surface area contributed by atoms with E-state index in [1.54, 1.807) is 0 Å². The number of fused-ring (bicyclic) bond motifs is 3. The highest BCUT2D eigenvalue weighted by Gasteiger charge is 2.40. The van der Waals surface area contributed by atoms with E-state index in [-0.39, 0.29) is 31.3 Å². The van der Waals surface area contributed by atoms with Gasteiger partial charge < -0.3 is 15.2 Å². The molecule has 0 aromatic heterocycles. The summed E-state index contributed by atoms with van der Waals surface area (Å²) in [4.78, 5) is 48.3. The summed E-state index contributed by atoms with van der Waals surface area (Å²) in [5, 5.41) is 12.8. The van der Waals surface area contributed by atoms with Gasteiger partial charge in [0.2, 0.25) is 11.8 Å². The van der Waals surface area contributed by atoms with Gasteiger partial charge in [0.15, 0.2) is 6.04 Å². The third-order valence-corrected chi connectivity index (χ3v) is 6.34. The molecule has 2 aromatic carbocycles. The molecule has 1 aliphatic heterocycles. The minimum Gasteiger partial charge on any atom is -0.480 e. The normalized spacial score (nSPS) is 17.7. The zero-order chi connectivity index (χ0) is 24.4. The Morgan fingerprint density at radius 1 is 1.09 bits per heavy atom. The van der Waals surface area contributed by atoms with Crippen molar-refractivity contribution >= 4 is 23.9 Å². The largest absolute Gasteiger partial charge is 0.480 e. The van der Waals surface area contributed by atoms with Crippen LogP contribution in [0.15, 0.2) is 48.5 Å². The zero-order valence-corrected chi connectivity index (χ0v) is 19.0. The van der Waals surface area contributed by atoms with Gasteiger partial charge in [-0.3, -0.25) is 15.0 Å². The summed E-state index contributed by atoms with van der Waals surface area (Å²) in [7, 11) is 0. The Morgan fingerprint density at radius 3 is 2.24 bits per heavy atom. The molecule has 1 unspecified atom stereocenters. The SMILES string of the molecule is CC(C)[C@@H](CC(=O)N1NC(=O)CC1C(=O)O)NC(=O)OCC1c2ccccc2-c2ccccc21. The maximum atomic E-state index is 12.7. The summed E-state index contributed by atoms with van der Waals surface area (Å²) in [6, 6.07) is 14.2. The van der Waals surface area contributed by atoms with Crippen molar-refractivity contribution in [2.24, 2.45) is 5.92 Å². The van der Waals surface area contributed by atoms with Crippen LogP contribution >= 0.6 is 0 Å². The number of rotatable bonds is 7. The monoisotopic (exact) mass is 465 g/mol. The van der Waals surface area contributed by atoms with E-state index in [2.05, 4.69) is 22.9 Å². The van der Waals surface area contributed by atoms with Gasteiger partial charge in [-0.15, -0.1) is 0 Å². The van der Waals surface area contributed by atoms with E-state index in [9.17, 15) is 24.3 Å². The first-order valence-electron chi connectivity index (χ1n) is 11.2. The number of hydrogen-bond donors (Lipinski definition) is 3. The zero-order valence-electron chi connectivity index (χ0n) is 19.0. The van der Waals surface area contributed by atoms with E-state index in [0.717, 1.165) is 27.3 Å². The highest BCUT2D eigenvalue weighted by atomic mass is 16.5. The average Bonchev–Trinajstić information content (AvgIpc) is 3.35. The van der Waals surface area contributed by atoms with Crippen LogP contribution in [0.1, 0.15) is 43.7 Å². The molecule has 0 saturated carbocycles. The number of aliphatic carboxylic acids is 1. The molecule has 2 aliphatic rings. The lowest BCUT2D eigenvalue weighted by Crippen LogP contribution is -2.50. The fraction of sp³-hybridized carbons (Fsp3) is 0.360. The molecule has 9 heteroatoms. The molecule has 2 aromatic rings.